The van der Waals surface area contributed by atoms with Crippen LogP contribution >= 0.6 is 0 Å². The van der Waals surface area contributed by atoms with E-state index < -0.39 is 15.9 Å². The van der Waals surface area contributed by atoms with Crippen molar-refractivity contribution in [3.05, 3.63) is 0 Å². The quantitative estimate of drug-likeness (QED) is 0.462. The monoisotopic (exact) mass is 234 g/mol. The molecule has 72 valence electrons. The van der Waals surface area contributed by atoms with Crippen molar-refractivity contribution in [2.24, 2.45) is 0 Å². The molecule has 0 bridgehead atoms. The van der Waals surface area contributed by atoms with Crippen LogP contribution in [-0.4, -0.2) is 80.9 Å². The zero-order valence-electron chi connectivity index (χ0n) is 7.82. The summed E-state index contributed by atoms with van der Waals surface area (Å²) >= 11 is 0. The van der Waals surface area contributed by atoms with E-state index in [-0.39, 0.29) is 50.1 Å². The van der Waals surface area contributed by atoms with Gasteiger partial charge in [-0.1, -0.05) is 0 Å². The van der Waals surface area contributed by atoms with Crippen molar-refractivity contribution in [1.82, 2.24) is 4.90 Å². The third kappa shape index (κ3) is 10.6. The number of carbonyl (C=O) groups excluding carboxylic acids is 1. The van der Waals surface area contributed by atoms with Crippen molar-refractivity contribution < 1.29 is 17.8 Å². The molecule has 0 rings (SSSR count). The van der Waals surface area contributed by atoms with Crippen molar-refractivity contribution in [2.75, 3.05) is 19.3 Å². The molecule has 0 fully saturated rings. The van der Waals surface area contributed by atoms with Gasteiger partial charge < -0.3 is 9.45 Å². The van der Waals surface area contributed by atoms with Crippen molar-refractivity contribution >= 4 is 53.8 Å². The molecule has 0 spiro atoms. The van der Waals surface area contributed by atoms with Crippen molar-refractivity contribution in [1.29, 1.82) is 0 Å². The number of rotatable bonds is 4. The molecule has 0 atom stereocenters. The summed E-state index contributed by atoms with van der Waals surface area (Å²) in [7, 11) is -2.58. The van der Waals surface area contributed by atoms with Gasteiger partial charge in [-0.2, -0.15) is 0 Å². The van der Waals surface area contributed by atoms with E-state index in [0.717, 1.165) is 0 Å². The summed E-state index contributed by atoms with van der Waals surface area (Å²) in [5, 5.41) is 0. The molecule has 0 aromatic rings. The van der Waals surface area contributed by atoms with E-state index in [2.05, 4.69) is 0 Å². The van der Waals surface area contributed by atoms with Gasteiger partial charge in [-0.3, -0.25) is 4.79 Å². The summed E-state index contributed by atoms with van der Waals surface area (Å²) in [4.78, 5) is 12.0. The van der Waals surface area contributed by atoms with Gasteiger partial charge in [0, 0.05) is 26.3 Å². The zero-order chi connectivity index (χ0) is 9.78. The van der Waals surface area contributed by atoms with E-state index in [1.807, 2.05) is 0 Å². The molecule has 0 aliphatic heterocycles. The Bertz CT molecular complexity index is 251. The Morgan fingerprint density at radius 1 is 1.46 bits per heavy atom. The largest absolute Gasteiger partial charge is 2.00 e. The van der Waals surface area contributed by atoms with E-state index in [9.17, 15) is 17.8 Å². The van der Waals surface area contributed by atoms with Gasteiger partial charge in [0.1, 0.15) is 0 Å². The summed E-state index contributed by atoms with van der Waals surface area (Å²) in [6.07, 6.45) is 0.196. The molecule has 0 saturated heterocycles. The standard InChI is InChI=1S/C6H13NO4S.Ca/c1-6(8)7(2)4-3-5-12(9,10)11;/h3-5H2,1-2H3,(H,9,10,11);/q;+2/p-1. The summed E-state index contributed by atoms with van der Waals surface area (Å²) in [5.74, 6) is -0.553. The van der Waals surface area contributed by atoms with Crippen LogP contribution in [0.3, 0.4) is 0 Å². The minimum absolute atomic E-state index is 0. The minimum atomic E-state index is -4.13. The van der Waals surface area contributed by atoms with Gasteiger partial charge in [0.25, 0.3) is 0 Å². The predicted octanol–water partition coefficient (Wildman–Crippen LogP) is -0.981. The summed E-state index contributed by atoms with van der Waals surface area (Å²) in [6.45, 7) is 1.68. The first-order valence-electron chi connectivity index (χ1n) is 3.48. The van der Waals surface area contributed by atoms with Crippen molar-refractivity contribution in [3.63, 3.8) is 0 Å². The third-order valence-corrected chi connectivity index (χ3v) is 2.21. The van der Waals surface area contributed by atoms with Gasteiger partial charge in [0.2, 0.25) is 5.91 Å². The Balaban J connectivity index is 0. The predicted molar refractivity (Wildman–Crippen MR) is 48.2 cm³/mol. The fourth-order valence-corrected chi connectivity index (χ4v) is 1.12. The van der Waals surface area contributed by atoms with Crippen LogP contribution in [0.1, 0.15) is 13.3 Å². The Kier molecular flexibility index (Phi) is 8.66. The van der Waals surface area contributed by atoms with Crippen molar-refractivity contribution in [3.8, 4) is 0 Å². The van der Waals surface area contributed by atoms with E-state index in [0.29, 0.717) is 6.54 Å². The number of hydrogen-bond donors (Lipinski definition) is 0. The molecule has 0 aromatic carbocycles. The summed E-state index contributed by atoms with van der Waals surface area (Å²) in [6, 6.07) is 0. The average Bonchev–Trinajstić information content (AvgIpc) is 1.84. The molecule has 0 heterocycles. The van der Waals surface area contributed by atoms with Gasteiger partial charge >= 0.3 is 37.7 Å². The van der Waals surface area contributed by atoms with Gasteiger partial charge in [0.15, 0.2) is 0 Å². The number of carbonyl (C=O) groups is 1. The van der Waals surface area contributed by atoms with Crippen LogP contribution in [0.25, 0.3) is 0 Å². The molecule has 0 N–H and O–H groups in total. The maximum absolute atomic E-state index is 10.6. The van der Waals surface area contributed by atoms with Gasteiger partial charge in [-0.15, -0.1) is 0 Å². The number of amides is 1. The molecule has 0 aliphatic carbocycles. The molecule has 0 aliphatic rings. The van der Waals surface area contributed by atoms with Crippen LogP contribution in [0.5, 0.6) is 0 Å². The van der Waals surface area contributed by atoms with Crippen LogP contribution in [0.15, 0.2) is 0 Å². The van der Waals surface area contributed by atoms with Crippen LogP contribution in [0.4, 0.5) is 0 Å². The van der Waals surface area contributed by atoms with E-state index >= 15 is 0 Å². The molecular formula is C6H12CaNO4S+. The van der Waals surface area contributed by atoms with Gasteiger partial charge in [-0.25, -0.2) is 8.42 Å². The van der Waals surface area contributed by atoms with Crippen LogP contribution in [-0.2, 0) is 14.9 Å². The Hall–Kier alpha value is 0.640. The Morgan fingerprint density at radius 2 is 1.92 bits per heavy atom. The van der Waals surface area contributed by atoms with Crippen LogP contribution < -0.4 is 0 Å². The normalized spacial score (nSPS) is 10.4. The molecule has 5 nitrogen and oxygen atoms in total. The number of hydrogen-bond acceptors (Lipinski definition) is 4. The topological polar surface area (TPSA) is 77.5 Å². The average molecular weight is 234 g/mol. The van der Waals surface area contributed by atoms with Gasteiger partial charge in [-0.05, 0) is 6.42 Å². The Labute approximate surface area is 108 Å². The van der Waals surface area contributed by atoms with E-state index in [1.54, 1.807) is 7.05 Å². The summed E-state index contributed by atoms with van der Waals surface area (Å²) < 4.78 is 30.4. The van der Waals surface area contributed by atoms with Crippen molar-refractivity contribution in [2.45, 2.75) is 13.3 Å². The molecule has 0 unspecified atom stereocenters. The fraction of sp³-hybridized carbons (Fsp3) is 0.833. The van der Waals surface area contributed by atoms with Crippen LogP contribution in [0, 0.1) is 0 Å². The molecule has 13 heavy (non-hydrogen) atoms. The second-order valence-electron chi connectivity index (χ2n) is 2.56. The SMILES string of the molecule is CC(=O)N(C)CCCS(=O)(=O)[O-].[Ca+2]. The first-order valence-corrected chi connectivity index (χ1v) is 5.06. The zero-order valence-corrected chi connectivity index (χ0v) is 10.8. The van der Waals surface area contributed by atoms with E-state index in [4.69, 9.17) is 0 Å². The molecular weight excluding hydrogens is 222 g/mol. The maximum Gasteiger partial charge on any atom is 2.00 e. The Morgan fingerprint density at radius 3 is 2.23 bits per heavy atom. The fourth-order valence-electron chi connectivity index (χ4n) is 0.636. The second kappa shape index (κ2) is 7.00. The first kappa shape index (κ1) is 16.1. The van der Waals surface area contributed by atoms with E-state index in [1.165, 1.54) is 11.8 Å². The molecule has 0 aromatic heterocycles. The number of nitrogens with zero attached hydrogens (tertiary/aromatic N) is 1. The van der Waals surface area contributed by atoms with Crippen LogP contribution in [0.2, 0.25) is 0 Å². The smallest absolute Gasteiger partial charge is 0.748 e. The maximum atomic E-state index is 10.6. The molecule has 1 amide bonds. The second-order valence-corrected chi connectivity index (χ2v) is 4.08. The molecule has 0 radical (unpaired) electrons. The molecule has 0 saturated carbocycles. The minimum Gasteiger partial charge on any atom is -0.748 e. The molecule has 7 heteroatoms. The third-order valence-electron chi connectivity index (χ3n) is 1.43. The van der Waals surface area contributed by atoms with Gasteiger partial charge in [0.05, 0.1) is 10.1 Å². The first-order chi connectivity index (χ1) is 5.33. The summed E-state index contributed by atoms with van der Waals surface area (Å²) in [5.41, 5.74) is 0.